The van der Waals surface area contributed by atoms with Gasteiger partial charge < -0.3 is 14.6 Å². The maximum Gasteiger partial charge on any atom is 0.260 e. The third-order valence-electron chi connectivity index (χ3n) is 3.46. The van der Waals surface area contributed by atoms with Crippen molar-refractivity contribution in [2.45, 2.75) is 32.8 Å². The number of anilines is 1. The molecule has 1 atom stereocenters. The highest BCUT2D eigenvalue weighted by atomic mass is 16.5. The van der Waals surface area contributed by atoms with Crippen LogP contribution in [0.25, 0.3) is 11.5 Å². The maximum atomic E-state index is 5.77. The highest BCUT2D eigenvalue weighted by Crippen LogP contribution is 2.31. The van der Waals surface area contributed by atoms with Crippen molar-refractivity contribution in [1.29, 1.82) is 0 Å². The summed E-state index contributed by atoms with van der Waals surface area (Å²) in [6.45, 7) is 6.61. The van der Waals surface area contributed by atoms with Crippen molar-refractivity contribution < 1.29 is 9.26 Å². The van der Waals surface area contributed by atoms with Gasteiger partial charge in [-0.15, -0.1) is 0 Å². The molecular formula is C15H21N3O2. The quantitative estimate of drug-likeness (QED) is 0.875. The first-order valence-electron chi connectivity index (χ1n) is 6.90. The molecule has 1 unspecified atom stereocenters. The zero-order valence-corrected chi connectivity index (χ0v) is 12.4. The monoisotopic (exact) mass is 275 g/mol. The van der Waals surface area contributed by atoms with Crippen molar-refractivity contribution in [2.24, 2.45) is 0 Å². The summed E-state index contributed by atoms with van der Waals surface area (Å²) in [5, 5.41) is 7.21. The second kappa shape index (κ2) is 6.05. The van der Waals surface area contributed by atoms with Crippen molar-refractivity contribution in [3.63, 3.8) is 0 Å². The maximum absolute atomic E-state index is 5.77. The Balaban J connectivity index is 2.38. The lowest BCUT2D eigenvalue weighted by Crippen LogP contribution is -2.26. The number of hydrogen-bond donors (Lipinski definition) is 1. The second-order valence-electron chi connectivity index (χ2n) is 4.74. The summed E-state index contributed by atoms with van der Waals surface area (Å²) in [6.07, 6.45) is 0.785. The Hall–Kier alpha value is -1.88. The number of hydrogen-bond acceptors (Lipinski definition) is 5. The molecule has 108 valence electrons. The van der Waals surface area contributed by atoms with Crippen LogP contribution in [0.5, 0.6) is 0 Å². The van der Waals surface area contributed by atoms with E-state index in [1.165, 1.54) is 0 Å². The first-order valence-corrected chi connectivity index (χ1v) is 6.90. The zero-order chi connectivity index (χ0) is 14.6. The van der Waals surface area contributed by atoms with Gasteiger partial charge in [-0.1, -0.05) is 24.2 Å². The van der Waals surface area contributed by atoms with E-state index in [0.29, 0.717) is 18.3 Å². The van der Waals surface area contributed by atoms with Crippen LogP contribution in [0.4, 0.5) is 5.69 Å². The number of para-hydroxylation sites is 1. The molecule has 1 N–H and O–H groups in total. The molecule has 0 spiro atoms. The molecule has 20 heavy (non-hydrogen) atoms. The Bertz CT molecular complexity index is 568. The minimum absolute atomic E-state index is 0.504. The summed E-state index contributed by atoms with van der Waals surface area (Å²) in [6, 6.07) is 7.83. The number of rotatable bonds is 6. The van der Waals surface area contributed by atoms with Crippen LogP contribution in [-0.2, 0) is 10.3 Å². The van der Waals surface area contributed by atoms with Crippen LogP contribution in [0, 0.1) is 0 Å². The fraction of sp³-hybridized carbons (Fsp3) is 0.467. The van der Waals surface area contributed by atoms with Crippen LogP contribution in [0.15, 0.2) is 28.8 Å². The van der Waals surface area contributed by atoms with Crippen LogP contribution in [0.2, 0.25) is 0 Å². The van der Waals surface area contributed by atoms with Gasteiger partial charge in [0.2, 0.25) is 5.82 Å². The van der Waals surface area contributed by atoms with Gasteiger partial charge in [0.25, 0.3) is 5.89 Å². The van der Waals surface area contributed by atoms with Gasteiger partial charge in [0.15, 0.2) is 0 Å². The molecule has 2 aromatic rings. The van der Waals surface area contributed by atoms with E-state index in [-0.39, 0.29) is 0 Å². The van der Waals surface area contributed by atoms with Gasteiger partial charge >= 0.3 is 0 Å². The standard InChI is InChI=1S/C15H21N3O2/c1-5-15(3,19-6-2)14-17-13(20-18-14)11-9-7-8-10-12(11)16-4/h7-10,16H,5-6H2,1-4H3. The Morgan fingerprint density at radius 2 is 2.05 bits per heavy atom. The van der Waals surface area contributed by atoms with E-state index in [0.717, 1.165) is 17.7 Å². The molecule has 0 aliphatic carbocycles. The van der Waals surface area contributed by atoms with Crippen molar-refractivity contribution in [3.8, 4) is 11.5 Å². The molecule has 0 aliphatic rings. The van der Waals surface area contributed by atoms with Gasteiger partial charge in [-0.3, -0.25) is 0 Å². The largest absolute Gasteiger partial charge is 0.387 e. The lowest BCUT2D eigenvalue weighted by Gasteiger charge is -2.23. The SMILES string of the molecule is CCOC(C)(CC)c1noc(-c2ccccc2NC)n1. The number of aromatic nitrogens is 2. The highest BCUT2D eigenvalue weighted by Gasteiger charge is 2.31. The van der Waals surface area contributed by atoms with Gasteiger partial charge in [-0.2, -0.15) is 4.98 Å². The van der Waals surface area contributed by atoms with Crippen molar-refractivity contribution >= 4 is 5.69 Å². The van der Waals surface area contributed by atoms with Crippen LogP contribution in [-0.4, -0.2) is 23.8 Å². The smallest absolute Gasteiger partial charge is 0.260 e. The van der Waals surface area contributed by atoms with Crippen LogP contribution < -0.4 is 5.32 Å². The van der Waals surface area contributed by atoms with Crippen LogP contribution in [0.1, 0.15) is 33.0 Å². The Morgan fingerprint density at radius 1 is 1.30 bits per heavy atom. The topological polar surface area (TPSA) is 60.2 Å². The van der Waals surface area contributed by atoms with Crippen LogP contribution >= 0.6 is 0 Å². The predicted octanol–water partition coefficient (Wildman–Crippen LogP) is 3.44. The number of benzene rings is 1. The highest BCUT2D eigenvalue weighted by molar-refractivity contribution is 5.72. The molecule has 0 amide bonds. The lowest BCUT2D eigenvalue weighted by atomic mass is 10.0. The molecule has 0 aliphatic heterocycles. The molecule has 1 heterocycles. The molecule has 0 saturated carbocycles. The Morgan fingerprint density at radius 3 is 2.70 bits per heavy atom. The minimum Gasteiger partial charge on any atom is -0.387 e. The lowest BCUT2D eigenvalue weighted by molar-refractivity contribution is -0.0403. The second-order valence-corrected chi connectivity index (χ2v) is 4.74. The summed E-state index contributed by atoms with van der Waals surface area (Å²) >= 11 is 0. The summed E-state index contributed by atoms with van der Waals surface area (Å²) in [5.74, 6) is 1.09. The van der Waals surface area contributed by atoms with E-state index in [1.807, 2.05) is 52.1 Å². The number of nitrogens with one attached hydrogen (secondary N) is 1. The van der Waals surface area contributed by atoms with Gasteiger partial charge in [-0.05, 0) is 32.4 Å². The van der Waals surface area contributed by atoms with Gasteiger partial charge in [-0.25, -0.2) is 0 Å². The molecule has 5 heteroatoms. The molecule has 1 aromatic carbocycles. The number of ether oxygens (including phenoxy) is 1. The summed E-state index contributed by atoms with van der Waals surface area (Å²) < 4.78 is 11.2. The normalized spacial score (nSPS) is 14.0. The Labute approximate surface area is 119 Å². The van der Waals surface area contributed by atoms with Gasteiger partial charge in [0, 0.05) is 19.3 Å². The molecule has 2 rings (SSSR count). The first kappa shape index (κ1) is 14.5. The zero-order valence-electron chi connectivity index (χ0n) is 12.4. The van der Waals surface area contributed by atoms with E-state index < -0.39 is 5.60 Å². The van der Waals surface area contributed by atoms with Crippen molar-refractivity contribution in [1.82, 2.24) is 10.1 Å². The van der Waals surface area contributed by atoms with Crippen molar-refractivity contribution in [2.75, 3.05) is 19.0 Å². The fourth-order valence-electron chi connectivity index (χ4n) is 2.08. The molecule has 0 saturated heterocycles. The first-order chi connectivity index (χ1) is 9.64. The average Bonchev–Trinajstić information content (AvgIpc) is 2.97. The third kappa shape index (κ3) is 2.67. The van der Waals surface area contributed by atoms with E-state index in [4.69, 9.17) is 9.26 Å². The van der Waals surface area contributed by atoms with Crippen LogP contribution in [0.3, 0.4) is 0 Å². The van der Waals surface area contributed by atoms with E-state index in [1.54, 1.807) is 0 Å². The average molecular weight is 275 g/mol. The molecule has 0 bridgehead atoms. The van der Waals surface area contributed by atoms with E-state index in [2.05, 4.69) is 15.5 Å². The molecule has 0 radical (unpaired) electrons. The molecule has 1 aromatic heterocycles. The summed E-state index contributed by atoms with van der Waals surface area (Å²) in [7, 11) is 1.87. The van der Waals surface area contributed by atoms with Crippen molar-refractivity contribution in [3.05, 3.63) is 30.1 Å². The molecular weight excluding hydrogens is 254 g/mol. The summed E-state index contributed by atoms with van der Waals surface area (Å²) in [4.78, 5) is 4.51. The van der Waals surface area contributed by atoms with Gasteiger partial charge in [0.05, 0.1) is 5.56 Å². The Kier molecular flexibility index (Phi) is 4.39. The van der Waals surface area contributed by atoms with E-state index in [9.17, 15) is 0 Å². The predicted molar refractivity (Wildman–Crippen MR) is 78.5 cm³/mol. The minimum atomic E-state index is -0.509. The fourth-order valence-corrected chi connectivity index (χ4v) is 2.08. The molecule has 5 nitrogen and oxygen atoms in total. The molecule has 0 fully saturated rings. The summed E-state index contributed by atoms with van der Waals surface area (Å²) in [5.41, 5.74) is 1.34. The van der Waals surface area contributed by atoms with Gasteiger partial charge in [0.1, 0.15) is 5.60 Å². The third-order valence-corrected chi connectivity index (χ3v) is 3.46. The number of nitrogens with zero attached hydrogens (tertiary/aromatic N) is 2. The van der Waals surface area contributed by atoms with E-state index >= 15 is 0 Å².